The molecule has 2 aromatic heterocycles. The smallest absolute Gasteiger partial charge is 0.346 e. The summed E-state index contributed by atoms with van der Waals surface area (Å²) in [6.07, 6.45) is 3.57. The Hall–Kier alpha value is -1.89. The fourth-order valence-corrected chi connectivity index (χ4v) is 3.66. The Bertz CT molecular complexity index is 750. The van der Waals surface area contributed by atoms with E-state index in [-0.39, 0.29) is 5.82 Å². The molecule has 0 aromatic carbocycles. The summed E-state index contributed by atoms with van der Waals surface area (Å²) in [5.74, 6) is 0.211. The van der Waals surface area contributed by atoms with Crippen LogP contribution in [0.15, 0.2) is 15.7 Å². The Morgan fingerprint density at radius 1 is 1.35 bits per heavy atom. The summed E-state index contributed by atoms with van der Waals surface area (Å²) in [5, 5.41) is 7.01. The quantitative estimate of drug-likeness (QED) is 0.901. The molecule has 0 saturated heterocycles. The van der Waals surface area contributed by atoms with Crippen LogP contribution in [0.2, 0.25) is 0 Å². The topological polar surface area (TPSA) is 68.9 Å². The molecule has 2 heterocycles. The lowest BCUT2D eigenvalue weighted by Gasteiger charge is -2.06. The van der Waals surface area contributed by atoms with E-state index in [1.54, 1.807) is 11.3 Å². The Labute approximate surface area is 119 Å². The second-order valence-electron chi connectivity index (χ2n) is 4.99. The third-order valence-electron chi connectivity index (χ3n) is 3.55. The fourth-order valence-electron chi connectivity index (χ4n) is 2.46. The maximum atomic E-state index is 11.9. The molecule has 0 spiro atoms. The van der Waals surface area contributed by atoms with Gasteiger partial charge in [0.2, 0.25) is 5.82 Å². The van der Waals surface area contributed by atoms with E-state index in [1.165, 1.54) is 42.3 Å². The first-order chi connectivity index (χ1) is 9.56. The summed E-state index contributed by atoms with van der Waals surface area (Å²) in [4.78, 5) is 26.1. The van der Waals surface area contributed by atoms with Crippen molar-refractivity contribution in [1.29, 1.82) is 0 Å². The van der Waals surface area contributed by atoms with Crippen LogP contribution in [-0.2, 0) is 33.5 Å². The standard InChI is InChI=1S/C13H16N4O2S/c1-16-12(18)11(15-17(2)13(16)19)14-7-9-6-8-4-3-5-10(8)20-9/h6H,3-5,7H2,1-2H3,(H,14,15). The molecular formula is C13H16N4O2S. The van der Waals surface area contributed by atoms with Crippen LogP contribution in [0.5, 0.6) is 0 Å². The number of anilines is 1. The van der Waals surface area contributed by atoms with E-state index in [4.69, 9.17) is 0 Å². The molecule has 2 aromatic rings. The molecule has 0 aliphatic heterocycles. The van der Waals surface area contributed by atoms with E-state index in [0.29, 0.717) is 6.54 Å². The third kappa shape index (κ3) is 2.18. The highest BCUT2D eigenvalue weighted by atomic mass is 32.1. The van der Waals surface area contributed by atoms with Crippen molar-refractivity contribution in [3.63, 3.8) is 0 Å². The number of fused-ring (bicyclic) bond motifs is 1. The molecule has 3 rings (SSSR count). The maximum Gasteiger partial charge on any atom is 0.346 e. The number of nitrogens with one attached hydrogen (secondary N) is 1. The molecule has 0 fully saturated rings. The lowest BCUT2D eigenvalue weighted by atomic mass is 10.2. The summed E-state index contributed by atoms with van der Waals surface area (Å²) in [6.45, 7) is 0.568. The molecule has 0 bridgehead atoms. The first-order valence-electron chi connectivity index (χ1n) is 6.55. The number of aromatic nitrogens is 3. The summed E-state index contributed by atoms with van der Waals surface area (Å²) < 4.78 is 2.22. The Balaban J connectivity index is 1.81. The van der Waals surface area contributed by atoms with Gasteiger partial charge in [0, 0.05) is 23.8 Å². The van der Waals surface area contributed by atoms with Crippen molar-refractivity contribution in [3.05, 3.63) is 42.2 Å². The predicted molar refractivity (Wildman–Crippen MR) is 78.4 cm³/mol. The average Bonchev–Trinajstić information content (AvgIpc) is 3.00. The van der Waals surface area contributed by atoms with Crippen molar-refractivity contribution in [2.75, 3.05) is 5.32 Å². The lowest BCUT2D eigenvalue weighted by molar-refractivity contribution is 0.604. The molecule has 106 valence electrons. The van der Waals surface area contributed by atoms with Gasteiger partial charge in [-0.1, -0.05) is 0 Å². The highest BCUT2D eigenvalue weighted by molar-refractivity contribution is 7.12. The van der Waals surface area contributed by atoms with Crippen LogP contribution in [0.3, 0.4) is 0 Å². The van der Waals surface area contributed by atoms with Crippen LogP contribution in [0.25, 0.3) is 0 Å². The normalized spacial score (nSPS) is 13.5. The predicted octanol–water partition coefficient (Wildman–Crippen LogP) is 0.641. The van der Waals surface area contributed by atoms with Crippen molar-refractivity contribution in [2.24, 2.45) is 14.1 Å². The van der Waals surface area contributed by atoms with E-state index in [0.717, 1.165) is 15.7 Å². The maximum absolute atomic E-state index is 11.9. The molecule has 6 nitrogen and oxygen atoms in total. The largest absolute Gasteiger partial charge is 0.359 e. The first kappa shape index (κ1) is 13.1. The summed E-state index contributed by atoms with van der Waals surface area (Å²) in [6, 6.07) is 2.20. The summed E-state index contributed by atoms with van der Waals surface area (Å²) >= 11 is 1.79. The van der Waals surface area contributed by atoms with E-state index >= 15 is 0 Å². The molecule has 1 N–H and O–H groups in total. The van der Waals surface area contributed by atoms with Crippen LogP contribution in [0.1, 0.15) is 21.7 Å². The van der Waals surface area contributed by atoms with Crippen LogP contribution in [0.4, 0.5) is 5.82 Å². The van der Waals surface area contributed by atoms with E-state index in [1.807, 2.05) is 0 Å². The summed E-state index contributed by atoms with van der Waals surface area (Å²) in [5.41, 5.74) is 0.626. The van der Waals surface area contributed by atoms with Crippen LogP contribution < -0.4 is 16.6 Å². The second-order valence-corrected chi connectivity index (χ2v) is 6.21. The molecule has 20 heavy (non-hydrogen) atoms. The van der Waals surface area contributed by atoms with Gasteiger partial charge in [-0.3, -0.25) is 9.36 Å². The molecule has 0 atom stereocenters. The number of hydrogen-bond donors (Lipinski definition) is 1. The van der Waals surface area contributed by atoms with Gasteiger partial charge in [-0.05, 0) is 30.9 Å². The average molecular weight is 292 g/mol. The Morgan fingerprint density at radius 2 is 2.15 bits per heavy atom. The highest BCUT2D eigenvalue weighted by Crippen LogP contribution is 2.30. The number of aryl methyl sites for hydroxylation is 3. The zero-order valence-corrected chi connectivity index (χ0v) is 12.3. The van der Waals surface area contributed by atoms with Crippen LogP contribution >= 0.6 is 11.3 Å². The zero-order chi connectivity index (χ0) is 14.3. The minimum Gasteiger partial charge on any atom is -0.359 e. The molecular weight excluding hydrogens is 276 g/mol. The third-order valence-corrected chi connectivity index (χ3v) is 4.79. The van der Waals surface area contributed by atoms with E-state index < -0.39 is 11.2 Å². The Kier molecular flexibility index (Phi) is 3.21. The van der Waals surface area contributed by atoms with Crippen molar-refractivity contribution in [2.45, 2.75) is 25.8 Å². The van der Waals surface area contributed by atoms with Gasteiger partial charge < -0.3 is 5.32 Å². The fraction of sp³-hybridized carbons (Fsp3) is 0.462. The van der Waals surface area contributed by atoms with Crippen LogP contribution in [-0.4, -0.2) is 14.3 Å². The highest BCUT2D eigenvalue weighted by Gasteiger charge is 2.15. The minimum atomic E-state index is -0.421. The van der Waals surface area contributed by atoms with Gasteiger partial charge in [-0.15, -0.1) is 16.4 Å². The van der Waals surface area contributed by atoms with Crippen molar-refractivity contribution in [1.82, 2.24) is 14.3 Å². The zero-order valence-electron chi connectivity index (χ0n) is 11.5. The van der Waals surface area contributed by atoms with Gasteiger partial charge in [0.15, 0.2) is 0 Å². The van der Waals surface area contributed by atoms with Gasteiger partial charge in [-0.2, -0.15) is 0 Å². The van der Waals surface area contributed by atoms with Gasteiger partial charge in [0.25, 0.3) is 5.56 Å². The molecule has 0 unspecified atom stereocenters. The lowest BCUT2D eigenvalue weighted by Crippen LogP contribution is -2.39. The molecule has 1 aliphatic rings. The van der Waals surface area contributed by atoms with E-state index in [9.17, 15) is 9.59 Å². The van der Waals surface area contributed by atoms with Gasteiger partial charge >= 0.3 is 5.69 Å². The SMILES string of the molecule is Cn1nc(NCc2cc3c(s2)CCC3)c(=O)n(C)c1=O. The van der Waals surface area contributed by atoms with Gasteiger partial charge in [-0.25, -0.2) is 9.48 Å². The van der Waals surface area contributed by atoms with Crippen molar-refractivity contribution in [3.8, 4) is 0 Å². The number of nitrogens with zero attached hydrogens (tertiary/aromatic N) is 3. The van der Waals surface area contributed by atoms with Crippen molar-refractivity contribution >= 4 is 17.2 Å². The number of thiophene rings is 1. The summed E-state index contributed by atoms with van der Waals surface area (Å²) in [7, 11) is 2.99. The van der Waals surface area contributed by atoms with Crippen LogP contribution in [0, 0.1) is 0 Å². The monoisotopic (exact) mass is 292 g/mol. The van der Waals surface area contributed by atoms with Gasteiger partial charge in [0.05, 0.1) is 6.54 Å². The van der Waals surface area contributed by atoms with Crippen molar-refractivity contribution < 1.29 is 0 Å². The van der Waals surface area contributed by atoms with E-state index in [2.05, 4.69) is 16.5 Å². The number of hydrogen-bond acceptors (Lipinski definition) is 5. The molecule has 0 amide bonds. The molecule has 1 aliphatic carbocycles. The van der Waals surface area contributed by atoms with Gasteiger partial charge in [0.1, 0.15) is 0 Å². The minimum absolute atomic E-state index is 0.211. The molecule has 0 radical (unpaired) electrons. The second kappa shape index (κ2) is 4.90. The molecule has 7 heteroatoms. The Morgan fingerprint density at radius 3 is 2.90 bits per heavy atom. The number of rotatable bonds is 3. The molecule has 0 saturated carbocycles. The first-order valence-corrected chi connectivity index (χ1v) is 7.36.